The van der Waals surface area contributed by atoms with E-state index in [4.69, 9.17) is 23.2 Å². The number of benzene rings is 1. The van der Waals surface area contributed by atoms with E-state index in [-0.39, 0.29) is 16.6 Å². The second-order valence-electron chi connectivity index (χ2n) is 3.64. The molecule has 0 spiro atoms. The molecule has 0 aliphatic heterocycles. The van der Waals surface area contributed by atoms with E-state index in [2.05, 4.69) is 0 Å². The van der Waals surface area contributed by atoms with E-state index in [1.54, 1.807) is 3.96 Å². The number of hydrogen-bond acceptors (Lipinski definition) is 2. The third-order valence-electron chi connectivity index (χ3n) is 2.59. The van der Waals surface area contributed by atoms with Crippen molar-refractivity contribution in [2.75, 3.05) is 0 Å². The third kappa shape index (κ3) is 2.41. The Bertz CT molecular complexity index is 562. The summed E-state index contributed by atoms with van der Waals surface area (Å²) in [5, 5.41) is 0.117. The highest BCUT2D eigenvalue weighted by atomic mass is 35.5. The average molecular weight is 288 g/mol. The summed E-state index contributed by atoms with van der Waals surface area (Å²) in [5.74, 6) is 0. The quantitative estimate of drug-likeness (QED) is 0.829. The lowest BCUT2D eigenvalue weighted by Gasteiger charge is -2.15. The summed E-state index contributed by atoms with van der Waals surface area (Å²) < 4.78 is 1.99. The number of rotatable bonds is 3. The first kappa shape index (κ1) is 12.7. The van der Waals surface area contributed by atoms with E-state index < -0.39 is 0 Å². The molecule has 2 rings (SSSR count). The molecule has 5 heteroatoms. The third-order valence-corrected chi connectivity index (χ3v) is 4.53. The van der Waals surface area contributed by atoms with Crippen LogP contribution >= 0.6 is 34.7 Å². The smallest absolute Gasteiger partial charge is 0.267 e. The minimum Gasteiger partial charge on any atom is -0.267 e. The molecule has 1 heterocycles. The fraction of sp³-hybridized carbons (Fsp3) is 0.250. The zero-order chi connectivity index (χ0) is 12.4. The second-order valence-corrected chi connectivity index (χ2v) is 5.61. The molecule has 0 aliphatic rings. The Kier molecular flexibility index (Phi) is 3.92. The molecule has 0 fully saturated rings. The Morgan fingerprint density at radius 2 is 1.94 bits per heavy atom. The molecule has 0 bridgehead atoms. The van der Waals surface area contributed by atoms with Gasteiger partial charge in [0.05, 0.1) is 6.04 Å². The van der Waals surface area contributed by atoms with Gasteiger partial charge in [0, 0.05) is 0 Å². The first-order valence-electron chi connectivity index (χ1n) is 5.27. The number of halogens is 2. The molecule has 17 heavy (non-hydrogen) atoms. The maximum atomic E-state index is 11.9. The van der Waals surface area contributed by atoms with Gasteiger partial charge in [-0.2, -0.15) is 0 Å². The van der Waals surface area contributed by atoms with E-state index in [1.165, 1.54) is 11.5 Å². The largest absolute Gasteiger partial charge is 0.281 e. The summed E-state index contributed by atoms with van der Waals surface area (Å²) in [5.41, 5.74) is 0.879. The summed E-state index contributed by atoms with van der Waals surface area (Å²) in [6, 6.07) is 9.87. The van der Waals surface area contributed by atoms with Gasteiger partial charge in [0.25, 0.3) is 5.56 Å². The average Bonchev–Trinajstić information content (AvgIpc) is 2.60. The summed E-state index contributed by atoms with van der Waals surface area (Å²) in [7, 11) is 0. The van der Waals surface area contributed by atoms with Crippen LogP contribution in [-0.2, 0) is 0 Å². The normalized spacial score (nSPS) is 12.6. The summed E-state index contributed by atoms with van der Waals surface area (Å²) in [6.45, 7) is 2.03. The molecule has 0 saturated heterocycles. The Morgan fingerprint density at radius 3 is 2.41 bits per heavy atom. The number of nitrogens with zero attached hydrogens (tertiary/aromatic N) is 1. The first-order valence-corrected chi connectivity index (χ1v) is 6.79. The van der Waals surface area contributed by atoms with Crippen molar-refractivity contribution in [1.82, 2.24) is 3.96 Å². The van der Waals surface area contributed by atoms with E-state index in [9.17, 15) is 4.79 Å². The van der Waals surface area contributed by atoms with Gasteiger partial charge in [0.1, 0.15) is 9.36 Å². The van der Waals surface area contributed by atoms with Crippen molar-refractivity contribution < 1.29 is 0 Å². The lowest BCUT2D eigenvalue weighted by Crippen LogP contribution is -2.19. The van der Waals surface area contributed by atoms with Gasteiger partial charge in [-0.1, -0.05) is 60.5 Å². The van der Waals surface area contributed by atoms with Crippen LogP contribution < -0.4 is 5.56 Å². The van der Waals surface area contributed by atoms with E-state index >= 15 is 0 Å². The summed E-state index contributed by atoms with van der Waals surface area (Å²) >= 11 is 12.9. The zero-order valence-corrected chi connectivity index (χ0v) is 11.5. The zero-order valence-electron chi connectivity index (χ0n) is 9.19. The Hall–Kier alpha value is -0.770. The van der Waals surface area contributed by atoms with Gasteiger partial charge in [-0.15, -0.1) is 0 Å². The van der Waals surface area contributed by atoms with Crippen molar-refractivity contribution in [3.05, 3.63) is 55.6 Å². The van der Waals surface area contributed by atoms with Crippen LogP contribution in [0.4, 0.5) is 0 Å². The fourth-order valence-corrected chi connectivity index (χ4v) is 3.23. The highest BCUT2D eigenvalue weighted by Gasteiger charge is 2.19. The molecule has 0 N–H and O–H groups in total. The first-order chi connectivity index (χ1) is 8.15. The SMILES string of the molecule is CC[C@H](c1ccccc1)n1sc(Cl)c(Cl)c1=O. The predicted octanol–water partition coefficient (Wildman–Crippen LogP) is 4.22. The van der Waals surface area contributed by atoms with Crippen molar-refractivity contribution >= 4 is 34.7 Å². The van der Waals surface area contributed by atoms with Crippen molar-refractivity contribution in [2.45, 2.75) is 19.4 Å². The Labute approximate surface area is 114 Å². The lowest BCUT2D eigenvalue weighted by atomic mass is 10.1. The van der Waals surface area contributed by atoms with Crippen molar-refractivity contribution in [2.24, 2.45) is 0 Å². The summed E-state index contributed by atoms with van der Waals surface area (Å²) in [4.78, 5) is 11.9. The van der Waals surface area contributed by atoms with Crippen molar-refractivity contribution in [1.29, 1.82) is 0 Å². The van der Waals surface area contributed by atoms with Gasteiger partial charge in [-0.25, -0.2) is 0 Å². The monoisotopic (exact) mass is 287 g/mol. The molecule has 2 aromatic rings. The molecule has 1 aromatic carbocycles. The number of hydrogen-bond donors (Lipinski definition) is 0. The number of aromatic nitrogens is 1. The van der Waals surface area contributed by atoms with Crippen molar-refractivity contribution in [3.8, 4) is 0 Å². The molecule has 0 radical (unpaired) electrons. The highest BCUT2D eigenvalue weighted by molar-refractivity contribution is 7.12. The van der Waals surface area contributed by atoms with Crippen LogP contribution in [0, 0.1) is 0 Å². The van der Waals surface area contributed by atoms with E-state index in [1.807, 2.05) is 37.3 Å². The minimum atomic E-state index is -0.211. The molecule has 90 valence electrons. The second kappa shape index (κ2) is 5.25. The van der Waals surface area contributed by atoms with Crippen LogP contribution in [0.5, 0.6) is 0 Å². The molecule has 0 saturated carbocycles. The topological polar surface area (TPSA) is 22.0 Å². The molecular formula is C12H11Cl2NOS. The van der Waals surface area contributed by atoms with Gasteiger partial charge in [-0.05, 0) is 23.5 Å². The van der Waals surface area contributed by atoms with Gasteiger partial charge in [0.2, 0.25) is 0 Å². The molecular weight excluding hydrogens is 277 g/mol. The van der Waals surface area contributed by atoms with Gasteiger partial charge in [-0.3, -0.25) is 8.75 Å². The summed E-state index contributed by atoms with van der Waals surface area (Å²) in [6.07, 6.45) is 0.817. The maximum Gasteiger partial charge on any atom is 0.281 e. The lowest BCUT2D eigenvalue weighted by molar-refractivity contribution is 0.595. The van der Waals surface area contributed by atoms with Crippen LogP contribution in [-0.4, -0.2) is 3.96 Å². The van der Waals surface area contributed by atoms with Crippen LogP contribution in [0.2, 0.25) is 9.36 Å². The van der Waals surface area contributed by atoms with Gasteiger partial charge >= 0.3 is 0 Å². The van der Waals surface area contributed by atoms with Crippen LogP contribution in [0.3, 0.4) is 0 Å². The standard InChI is InChI=1S/C12H11Cl2NOS/c1-2-9(8-6-4-3-5-7-8)15-12(16)10(13)11(14)17-15/h3-7,9H,2H2,1H3/t9-/m1/s1. The van der Waals surface area contributed by atoms with E-state index in [0.717, 1.165) is 12.0 Å². The Morgan fingerprint density at radius 1 is 1.29 bits per heavy atom. The molecule has 1 atom stereocenters. The fourth-order valence-electron chi connectivity index (χ4n) is 1.77. The van der Waals surface area contributed by atoms with Crippen LogP contribution in [0.1, 0.15) is 24.9 Å². The predicted molar refractivity (Wildman–Crippen MR) is 73.5 cm³/mol. The van der Waals surface area contributed by atoms with Gasteiger partial charge < -0.3 is 0 Å². The minimum absolute atomic E-state index is 0.00120. The Balaban J connectivity index is 2.50. The maximum absolute atomic E-state index is 11.9. The van der Waals surface area contributed by atoms with Crippen LogP contribution in [0.15, 0.2) is 35.1 Å². The molecule has 2 nitrogen and oxygen atoms in total. The van der Waals surface area contributed by atoms with Crippen LogP contribution in [0.25, 0.3) is 0 Å². The van der Waals surface area contributed by atoms with Gasteiger partial charge in [0.15, 0.2) is 0 Å². The highest BCUT2D eigenvalue weighted by Crippen LogP contribution is 2.29. The van der Waals surface area contributed by atoms with E-state index in [0.29, 0.717) is 4.34 Å². The molecule has 0 amide bonds. The molecule has 0 unspecified atom stereocenters. The molecule has 0 aliphatic carbocycles. The van der Waals surface area contributed by atoms with Crippen molar-refractivity contribution in [3.63, 3.8) is 0 Å². The molecule has 1 aromatic heterocycles.